The van der Waals surface area contributed by atoms with Gasteiger partial charge in [0.05, 0.1) is 16.8 Å². The molecule has 0 saturated carbocycles. The number of nitrogens with zero attached hydrogens (tertiary/aromatic N) is 3. The van der Waals surface area contributed by atoms with Crippen molar-refractivity contribution in [3.05, 3.63) is 47.2 Å². The summed E-state index contributed by atoms with van der Waals surface area (Å²) in [6, 6.07) is 4.63. The number of aryl methyl sites for hydroxylation is 1. The van der Waals surface area contributed by atoms with Gasteiger partial charge in [-0.3, -0.25) is 4.79 Å². The molecule has 5 nitrogen and oxygen atoms in total. The van der Waals surface area contributed by atoms with E-state index in [2.05, 4.69) is 15.5 Å². The van der Waals surface area contributed by atoms with Crippen molar-refractivity contribution in [2.45, 2.75) is 32.1 Å². The standard InChI is InChI=1S/C19H18F6N4O/c1-11-2-3-16(28-27-11)29-6-4-12(5-7-29)17(30)26-15-9-13(18(20,21)22)8-14(10-15)19(23,24)25/h2-3,8-10,12H,4-7H2,1H3,(H,26,30). The Balaban J connectivity index is 1.69. The Morgan fingerprint density at radius 2 is 1.53 bits per heavy atom. The van der Waals surface area contributed by atoms with Gasteiger partial charge in [0.1, 0.15) is 0 Å². The third-order valence-electron chi connectivity index (χ3n) is 4.83. The number of halogens is 6. The van der Waals surface area contributed by atoms with Gasteiger partial charge in [0, 0.05) is 24.7 Å². The first-order chi connectivity index (χ1) is 13.9. The monoisotopic (exact) mass is 432 g/mol. The van der Waals surface area contributed by atoms with Crippen molar-refractivity contribution in [2.75, 3.05) is 23.3 Å². The van der Waals surface area contributed by atoms with Crippen LogP contribution in [-0.2, 0) is 17.1 Å². The van der Waals surface area contributed by atoms with Crippen molar-refractivity contribution in [2.24, 2.45) is 5.92 Å². The average molecular weight is 432 g/mol. The van der Waals surface area contributed by atoms with Crippen LogP contribution in [0.25, 0.3) is 0 Å². The summed E-state index contributed by atoms with van der Waals surface area (Å²) in [4.78, 5) is 14.4. The number of hydrogen-bond acceptors (Lipinski definition) is 4. The Labute approximate surface area is 168 Å². The normalized spacial score (nSPS) is 15.9. The lowest BCUT2D eigenvalue weighted by molar-refractivity contribution is -0.143. The topological polar surface area (TPSA) is 58.1 Å². The maximum Gasteiger partial charge on any atom is 0.416 e. The molecule has 1 aliphatic rings. The molecule has 0 atom stereocenters. The van der Waals surface area contributed by atoms with Crippen LogP contribution in [0.4, 0.5) is 37.8 Å². The predicted octanol–water partition coefficient (Wildman–Crippen LogP) is 4.68. The van der Waals surface area contributed by atoms with Gasteiger partial charge in [0.25, 0.3) is 0 Å². The van der Waals surface area contributed by atoms with Crippen LogP contribution in [0.1, 0.15) is 29.7 Å². The number of carbonyl (C=O) groups excluding carboxylic acids is 1. The average Bonchev–Trinajstić information content (AvgIpc) is 2.67. The molecule has 1 aliphatic heterocycles. The van der Waals surface area contributed by atoms with E-state index in [4.69, 9.17) is 0 Å². The molecule has 1 aromatic carbocycles. The van der Waals surface area contributed by atoms with Gasteiger partial charge in [-0.2, -0.15) is 31.4 Å². The number of nitrogens with one attached hydrogen (secondary N) is 1. The minimum Gasteiger partial charge on any atom is -0.355 e. The van der Waals surface area contributed by atoms with Gasteiger partial charge in [0.2, 0.25) is 5.91 Å². The highest BCUT2D eigenvalue weighted by Gasteiger charge is 2.37. The Morgan fingerprint density at radius 3 is 2.00 bits per heavy atom. The fourth-order valence-electron chi connectivity index (χ4n) is 3.20. The number of carbonyl (C=O) groups is 1. The van der Waals surface area contributed by atoms with Crippen LogP contribution in [0.15, 0.2) is 30.3 Å². The maximum absolute atomic E-state index is 13.0. The molecule has 0 spiro atoms. The van der Waals surface area contributed by atoms with E-state index in [1.54, 1.807) is 19.1 Å². The Morgan fingerprint density at radius 1 is 0.967 bits per heavy atom. The second-order valence-corrected chi connectivity index (χ2v) is 7.08. The van der Waals surface area contributed by atoms with E-state index in [1.807, 2.05) is 4.90 Å². The van der Waals surface area contributed by atoms with Crippen LogP contribution in [0.3, 0.4) is 0 Å². The van der Waals surface area contributed by atoms with Crippen LogP contribution in [0.5, 0.6) is 0 Å². The van der Waals surface area contributed by atoms with Crippen LogP contribution < -0.4 is 10.2 Å². The van der Waals surface area contributed by atoms with Crippen molar-refractivity contribution in [1.29, 1.82) is 0 Å². The van der Waals surface area contributed by atoms with Gasteiger partial charge < -0.3 is 10.2 Å². The summed E-state index contributed by atoms with van der Waals surface area (Å²) < 4.78 is 77.8. The predicted molar refractivity (Wildman–Crippen MR) is 96.8 cm³/mol. The molecule has 0 unspecified atom stereocenters. The lowest BCUT2D eigenvalue weighted by atomic mass is 9.95. The lowest BCUT2D eigenvalue weighted by Crippen LogP contribution is -2.38. The molecule has 0 aliphatic carbocycles. The van der Waals surface area contributed by atoms with E-state index in [1.165, 1.54) is 0 Å². The first-order valence-electron chi connectivity index (χ1n) is 9.09. The Bertz CT molecular complexity index is 870. The molecule has 30 heavy (non-hydrogen) atoms. The quantitative estimate of drug-likeness (QED) is 0.716. The van der Waals surface area contributed by atoms with Crippen molar-refractivity contribution in [3.8, 4) is 0 Å². The summed E-state index contributed by atoms with van der Waals surface area (Å²) in [6.07, 6.45) is -9.18. The number of hydrogen-bond donors (Lipinski definition) is 1. The fraction of sp³-hybridized carbons (Fsp3) is 0.421. The van der Waals surface area contributed by atoms with Crippen LogP contribution in [0, 0.1) is 12.8 Å². The molecule has 0 radical (unpaired) electrons. The number of rotatable bonds is 3. The van der Waals surface area contributed by atoms with Crippen LogP contribution in [0.2, 0.25) is 0 Å². The third kappa shape index (κ3) is 5.19. The van der Waals surface area contributed by atoms with Crippen molar-refractivity contribution >= 4 is 17.4 Å². The summed E-state index contributed by atoms with van der Waals surface area (Å²) in [7, 11) is 0. The Kier molecular flexibility index (Phi) is 5.91. The number of anilines is 2. The van der Waals surface area contributed by atoms with Gasteiger partial charge in [-0.15, -0.1) is 5.10 Å². The molecule has 0 bridgehead atoms. The van der Waals surface area contributed by atoms with Gasteiger partial charge in [-0.05, 0) is 50.1 Å². The fourth-order valence-corrected chi connectivity index (χ4v) is 3.20. The molecule has 2 heterocycles. The number of benzene rings is 1. The smallest absolute Gasteiger partial charge is 0.355 e. The molecule has 1 aromatic heterocycles. The van der Waals surface area contributed by atoms with Crippen molar-refractivity contribution in [3.63, 3.8) is 0 Å². The summed E-state index contributed by atoms with van der Waals surface area (Å²) >= 11 is 0. The van der Waals surface area contributed by atoms with Crippen LogP contribution in [-0.4, -0.2) is 29.2 Å². The molecule has 1 amide bonds. The van der Waals surface area contributed by atoms with Gasteiger partial charge in [-0.1, -0.05) is 0 Å². The van der Waals surface area contributed by atoms with Gasteiger partial charge in [-0.25, -0.2) is 0 Å². The van der Waals surface area contributed by atoms with E-state index in [0.29, 0.717) is 43.9 Å². The minimum absolute atomic E-state index is 0.0246. The van der Waals surface area contributed by atoms with E-state index in [9.17, 15) is 31.1 Å². The molecule has 11 heteroatoms. The highest BCUT2D eigenvalue weighted by molar-refractivity contribution is 5.93. The third-order valence-corrected chi connectivity index (χ3v) is 4.83. The lowest BCUT2D eigenvalue weighted by Gasteiger charge is -2.31. The molecule has 2 aromatic rings. The first-order valence-corrected chi connectivity index (χ1v) is 9.09. The molecule has 3 rings (SSSR count). The molecular weight excluding hydrogens is 414 g/mol. The summed E-state index contributed by atoms with van der Waals surface area (Å²) in [5.41, 5.74) is -2.72. The molecule has 1 saturated heterocycles. The summed E-state index contributed by atoms with van der Waals surface area (Å²) in [5.74, 6) is -0.507. The zero-order valence-electron chi connectivity index (χ0n) is 15.8. The van der Waals surface area contributed by atoms with Gasteiger partial charge >= 0.3 is 12.4 Å². The molecule has 1 fully saturated rings. The van der Waals surface area contributed by atoms with E-state index in [0.717, 1.165) is 5.69 Å². The SMILES string of the molecule is Cc1ccc(N2CCC(C(=O)Nc3cc(C(F)(F)F)cc(C(F)(F)F)c3)CC2)nn1. The Hall–Kier alpha value is -2.85. The maximum atomic E-state index is 13.0. The number of amides is 1. The van der Waals surface area contributed by atoms with E-state index < -0.39 is 41.0 Å². The van der Waals surface area contributed by atoms with E-state index >= 15 is 0 Å². The molecule has 1 N–H and O–H groups in total. The second-order valence-electron chi connectivity index (χ2n) is 7.08. The van der Waals surface area contributed by atoms with Crippen LogP contribution >= 0.6 is 0 Å². The first kappa shape index (κ1) is 21.8. The van der Waals surface area contributed by atoms with Crippen molar-refractivity contribution in [1.82, 2.24) is 10.2 Å². The molecular formula is C19H18F6N4O. The molecule has 162 valence electrons. The zero-order valence-corrected chi connectivity index (χ0v) is 15.8. The van der Waals surface area contributed by atoms with E-state index in [-0.39, 0.29) is 6.07 Å². The highest BCUT2D eigenvalue weighted by Crippen LogP contribution is 2.37. The number of aromatic nitrogens is 2. The largest absolute Gasteiger partial charge is 0.416 e. The summed E-state index contributed by atoms with van der Waals surface area (Å²) in [5, 5.41) is 10.2. The minimum atomic E-state index is -4.97. The zero-order chi connectivity index (χ0) is 22.1. The summed E-state index contributed by atoms with van der Waals surface area (Å²) in [6.45, 7) is 2.73. The second kappa shape index (κ2) is 8.11. The highest BCUT2D eigenvalue weighted by atomic mass is 19.4. The van der Waals surface area contributed by atoms with Crippen molar-refractivity contribution < 1.29 is 31.1 Å². The number of piperidine rings is 1. The number of alkyl halides is 6. The van der Waals surface area contributed by atoms with Gasteiger partial charge in [0.15, 0.2) is 5.82 Å².